The van der Waals surface area contributed by atoms with Gasteiger partial charge in [-0.15, -0.1) is 0 Å². The maximum atomic E-state index is 13.0. The highest BCUT2D eigenvalue weighted by Gasteiger charge is 2.09. The molecule has 0 saturated carbocycles. The fourth-order valence-electron chi connectivity index (χ4n) is 0.733. The van der Waals surface area contributed by atoms with Gasteiger partial charge in [0, 0.05) is 12.1 Å². The predicted octanol–water partition coefficient (Wildman–Crippen LogP) is 1.79. The van der Waals surface area contributed by atoms with Crippen LogP contribution in [-0.4, -0.2) is 13.3 Å². The molecular formula is C8H6F2O2. The second kappa shape index (κ2) is 3.30. The molecule has 0 aromatic heterocycles. The Labute approximate surface area is 72.0 Å². The molecule has 0 saturated heterocycles. The molecule has 1 aromatic carbocycles. The lowest BCUT2D eigenvalue weighted by atomic mass is 10.2. The first kappa shape index (κ1) is 5.24. The molecule has 12 heavy (non-hydrogen) atoms. The van der Waals surface area contributed by atoms with Crippen molar-refractivity contribution in [3.05, 3.63) is 29.3 Å². The van der Waals surface area contributed by atoms with Crippen LogP contribution in [0.4, 0.5) is 8.78 Å². The lowest BCUT2D eigenvalue weighted by Gasteiger charge is -2.01. The number of hydrogen-bond acceptors (Lipinski definition) is 2. The molecule has 0 heterocycles. The van der Waals surface area contributed by atoms with Crippen LogP contribution in [-0.2, 0) is 0 Å². The van der Waals surface area contributed by atoms with Gasteiger partial charge in [-0.3, -0.25) is 4.79 Å². The molecule has 0 bridgehead atoms. The number of hydrogen-bond donors (Lipinski definition) is 0. The second-order valence-corrected chi connectivity index (χ2v) is 2.02. The molecule has 1 rings (SSSR count). The van der Waals surface area contributed by atoms with Crippen LogP contribution in [0.15, 0.2) is 12.1 Å². The third kappa shape index (κ3) is 1.42. The topological polar surface area (TPSA) is 26.3 Å². The van der Waals surface area contributed by atoms with Crippen molar-refractivity contribution < 1.29 is 22.4 Å². The maximum Gasteiger partial charge on any atom is 0.155 e. The average Bonchev–Trinajstić information content (AvgIpc) is 1.99. The summed E-state index contributed by atoms with van der Waals surface area (Å²) in [5, 5.41) is 0. The smallest absolute Gasteiger partial charge is 0.155 e. The van der Waals surface area contributed by atoms with E-state index in [1.165, 1.54) is 0 Å². The van der Waals surface area contributed by atoms with Gasteiger partial charge in [-0.05, 0) is 0 Å². The summed E-state index contributed by atoms with van der Waals surface area (Å²) < 4.78 is 50.3. The predicted molar refractivity (Wildman–Crippen MR) is 38.3 cm³/mol. The first-order valence-electron chi connectivity index (χ1n) is 4.47. The van der Waals surface area contributed by atoms with E-state index >= 15 is 0 Å². The Kier molecular flexibility index (Phi) is 1.44. The highest BCUT2D eigenvalue weighted by Crippen LogP contribution is 2.18. The standard InChI is InChI=1S/C8H6F2O2/c1-12-5-2-7(9)6(4-11)8(10)3-5/h2-4H,1H3/i1D3. The van der Waals surface area contributed by atoms with Gasteiger partial charge in [0.2, 0.25) is 0 Å². The number of halogens is 2. The van der Waals surface area contributed by atoms with Crippen molar-refractivity contribution in [2.45, 2.75) is 0 Å². The van der Waals surface area contributed by atoms with Crippen molar-refractivity contribution in [3.63, 3.8) is 0 Å². The SMILES string of the molecule is [2H]C([2H])([2H])Oc1cc(F)c(C=O)c(F)c1. The van der Waals surface area contributed by atoms with Crippen LogP contribution in [0, 0.1) is 11.6 Å². The van der Waals surface area contributed by atoms with Crippen molar-refractivity contribution in [2.24, 2.45) is 0 Å². The van der Waals surface area contributed by atoms with Gasteiger partial charge in [0.1, 0.15) is 17.4 Å². The molecule has 0 aliphatic carbocycles. The molecule has 64 valence electrons. The summed E-state index contributed by atoms with van der Waals surface area (Å²) in [6, 6.07) is 1.28. The van der Waals surface area contributed by atoms with Gasteiger partial charge in [0.15, 0.2) is 6.29 Å². The summed E-state index contributed by atoms with van der Waals surface area (Å²) in [7, 11) is -2.79. The summed E-state index contributed by atoms with van der Waals surface area (Å²) in [6.45, 7) is 0. The van der Waals surface area contributed by atoms with Crippen LogP contribution in [0.5, 0.6) is 5.75 Å². The van der Waals surface area contributed by atoms with Gasteiger partial charge in [-0.2, -0.15) is 0 Å². The van der Waals surface area contributed by atoms with Crippen LogP contribution in [0.2, 0.25) is 0 Å². The molecule has 4 heteroatoms. The molecule has 0 unspecified atom stereocenters. The van der Waals surface area contributed by atoms with E-state index in [0.29, 0.717) is 12.1 Å². The lowest BCUT2D eigenvalue weighted by molar-refractivity contribution is 0.111. The summed E-state index contributed by atoms with van der Waals surface area (Å²) in [6.07, 6.45) is 0.00376. The number of benzene rings is 1. The fraction of sp³-hybridized carbons (Fsp3) is 0.125. The van der Waals surface area contributed by atoms with Gasteiger partial charge in [0.05, 0.1) is 16.7 Å². The first-order chi connectivity index (χ1) is 6.83. The highest BCUT2D eigenvalue weighted by atomic mass is 19.1. The molecule has 0 atom stereocenters. The fourth-order valence-corrected chi connectivity index (χ4v) is 0.733. The van der Waals surface area contributed by atoms with Gasteiger partial charge < -0.3 is 4.74 Å². The molecule has 0 amide bonds. The van der Waals surface area contributed by atoms with Crippen molar-refractivity contribution in [1.29, 1.82) is 0 Å². The van der Waals surface area contributed by atoms with Gasteiger partial charge >= 0.3 is 0 Å². The third-order valence-electron chi connectivity index (χ3n) is 1.29. The van der Waals surface area contributed by atoms with Crippen LogP contribution in [0.3, 0.4) is 0 Å². The number of aldehydes is 1. The van der Waals surface area contributed by atoms with E-state index in [9.17, 15) is 13.6 Å². The number of carbonyl (C=O) groups excluding carboxylic acids is 1. The van der Waals surface area contributed by atoms with Crippen LogP contribution in [0.25, 0.3) is 0 Å². The van der Waals surface area contributed by atoms with E-state index in [1.807, 2.05) is 0 Å². The maximum absolute atomic E-state index is 13.0. The molecule has 0 spiro atoms. The molecule has 0 aliphatic heterocycles. The van der Waals surface area contributed by atoms with E-state index in [4.69, 9.17) is 4.11 Å². The summed E-state index contributed by atoms with van der Waals surface area (Å²) in [4.78, 5) is 10.2. The largest absolute Gasteiger partial charge is 0.497 e. The zero-order chi connectivity index (χ0) is 11.6. The second-order valence-electron chi connectivity index (χ2n) is 2.02. The van der Waals surface area contributed by atoms with Crippen molar-refractivity contribution in [2.75, 3.05) is 7.04 Å². The number of ether oxygens (including phenoxy) is 1. The van der Waals surface area contributed by atoms with Gasteiger partial charge in [-0.1, -0.05) is 0 Å². The van der Waals surface area contributed by atoms with Crippen LogP contribution in [0.1, 0.15) is 14.5 Å². The number of rotatable bonds is 2. The molecule has 0 radical (unpaired) electrons. The van der Waals surface area contributed by atoms with Crippen molar-refractivity contribution in [1.82, 2.24) is 0 Å². The van der Waals surface area contributed by atoms with Crippen LogP contribution < -0.4 is 4.74 Å². The van der Waals surface area contributed by atoms with E-state index in [-0.39, 0.29) is 6.29 Å². The Morgan fingerprint density at radius 3 is 2.50 bits per heavy atom. The van der Waals surface area contributed by atoms with Crippen molar-refractivity contribution in [3.8, 4) is 5.75 Å². The third-order valence-corrected chi connectivity index (χ3v) is 1.29. The van der Waals surface area contributed by atoms with Crippen molar-refractivity contribution >= 4 is 6.29 Å². The van der Waals surface area contributed by atoms with E-state index in [0.717, 1.165) is 0 Å². The molecular weight excluding hydrogens is 166 g/mol. The summed E-state index contributed by atoms with van der Waals surface area (Å²) in [5.41, 5.74) is -0.757. The lowest BCUT2D eigenvalue weighted by Crippen LogP contribution is -1.95. The molecule has 0 aliphatic rings. The zero-order valence-corrected chi connectivity index (χ0v) is 5.80. The minimum atomic E-state index is -2.79. The first-order valence-corrected chi connectivity index (χ1v) is 2.97. The quantitative estimate of drug-likeness (QED) is 0.640. The Morgan fingerprint density at radius 2 is 2.08 bits per heavy atom. The molecule has 1 aromatic rings. The van der Waals surface area contributed by atoms with E-state index in [2.05, 4.69) is 4.74 Å². The normalized spacial score (nSPS) is 14.3. The summed E-state index contributed by atoms with van der Waals surface area (Å²) >= 11 is 0. The number of methoxy groups -OCH3 is 1. The Hall–Kier alpha value is -1.45. The Bertz CT molecular complexity index is 367. The minimum absolute atomic E-state index is 0.00376. The Morgan fingerprint density at radius 1 is 1.50 bits per heavy atom. The van der Waals surface area contributed by atoms with Gasteiger partial charge in [-0.25, -0.2) is 8.78 Å². The van der Waals surface area contributed by atoms with Gasteiger partial charge in [0.25, 0.3) is 0 Å². The monoisotopic (exact) mass is 175 g/mol. The minimum Gasteiger partial charge on any atom is -0.497 e. The van der Waals surface area contributed by atoms with E-state index in [1.54, 1.807) is 0 Å². The summed E-state index contributed by atoms with van der Waals surface area (Å²) in [5.74, 6) is -2.82. The molecule has 0 N–H and O–H groups in total. The molecule has 2 nitrogen and oxygen atoms in total. The average molecular weight is 175 g/mol. The molecule has 0 fully saturated rings. The number of carbonyl (C=O) groups is 1. The van der Waals surface area contributed by atoms with Crippen LogP contribution >= 0.6 is 0 Å². The Balaban J connectivity index is 3.09. The van der Waals surface area contributed by atoms with E-state index < -0.39 is 30.0 Å². The highest BCUT2D eigenvalue weighted by molar-refractivity contribution is 5.75. The zero-order valence-electron chi connectivity index (χ0n) is 8.80.